The van der Waals surface area contributed by atoms with Gasteiger partial charge < -0.3 is 15.3 Å². The van der Waals surface area contributed by atoms with Gasteiger partial charge in [0.05, 0.1) is 13.1 Å². The minimum atomic E-state index is -0.832. The van der Waals surface area contributed by atoms with Gasteiger partial charge in [0.15, 0.2) is 0 Å². The Labute approximate surface area is 140 Å². The number of hydrogen-bond acceptors (Lipinski definition) is 3. The summed E-state index contributed by atoms with van der Waals surface area (Å²) in [5, 5.41) is 11.9. The average molecular weight is 335 g/mol. The molecule has 1 aromatic rings. The highest BCUT2D eigenvalue weighted by Gasteiger charge is 2.36. The summed E-state index contributed by atoms with van der Waals surface area (Å²) < 4.78 is 13.7. The van der Waals surface area contributed by atoms with Crippen LogP contribution in [0.2, 0.25) is 0 Å². The van der Waals surface area contributed by atoms with Crippen LogP contribution in [0, 0.1) is 5.82 Å². The number of fused-ring (bicyclic) bond motifs is 1. The summed E-state index contributed by atoms with van der Waals surface area (Å²) in [4.78, 5) is 26.7. The molecule has 1 fully saturated rings. The molecule has 3 rings (SSSR count). The smallest absolute Gasteiger partial charge is 0.318 e. The number of aliphatic carboxylic acids is 1. The maximum atomic E-state index is 13.7. The van der Waals surface area contributed by atoms with Gasteiger partial charge in [-0.15, -0.1) is 0 Å². The molecule has 1 heterocycles. The van der Waals surface area contributed by atoms with Gasteiger partial charge in [-0.05, 0) is 31.0 Å². The monoisotopic (exact) mass is 335 g/mol. The van der Waals surface area contributed by atoms with Gasteiger partial charge in [-0.1, -0.05) is 19.1 Å². The molecule has 0 spiro atoms. The second-order valence-corrected chi connectivity index (χ2v) is 6.46. The van der Waals surface area contributed by atoms with Crippen molar-refractivity contribution >= 4 is 12.0 Å². The standard InChI is InChI=1S/C17H22FN3O3/c1-2-20(10-16(22)23)13-6-12(7-13)19-17(24)21-8-11-4-3-5-15(18)14(11)9-21/h3-5,12-13H,2,6-10H2,1H3,(H,19,24)(H,22,23). The normalized spacial score (nSPS) is 22.2. The molecule has 1 aliphatic heterocycles. The summed E-state index contributed by atoms with van der Waals surface area (Å²) in [5.41, 5.74) is 1.45. The Kier molecular flexibility index (Phi) is 4.71. The number of likely N-dealkylation sites (N-methyl/N-ethyl adjacent to an activating group) is 1. The van der Waals surface area contributed by atoms with E-state index in [0.717, 1.165) is 18.4 Å². The van der Waals surface area contributed by atoms with Crippen LogP contribution in [0.4, 0.5) is 9.18 Å². The number of amides is 2. The molecule has 1 saturated carbocycles. The Bertz CT molecular complexity index is 646. The molecule has 0 aromatic heterocycles. The molecule has 2 amide bonds. The van der Waals surface area contributed by atoms with Crippen molar-refractivity contribution in [2.75, 3.05) is 13.1 Å². The number of halogens is 1. The third-order valence-corrected chi connectivity index (χ3v) is 4.91. The predicted molar refractivity (Wildman–Crippen MR) is 85.9 cm³/mol. The number of nitrogens with one attached hydrogen (secondary N) is 1. The third-order valence-electron chi connectivity index (χ3n) is 4.91. The fraction of sp³-hybridized carbons (Fsp3) is 0.529. The first-order chi connectivity index (χ1) is 11.5. The summed E-state index contributed by atoms with van der Waals surface area (Å²) >= 11 is 0. The molecular formula is C17H22FN3O3. The Morgan fingerprint density at radius 3 is 2.75 bits per heavy atom. The van der Waals surface area contributed by atoms with E-state index >= 15 is 0 Å². The summed E-state index contributed by atoms with van der Waals surface area (Å²) in [5.74, 6) is -1.10. The van der Waals surface area contributed by atoms with Crippen LogP contribution in [0.1, 0.15) is 30.9 Å². The van der Waals surface area contributed by atoms with E-state index in [1.807, 2.05) is 17.9 Å². The Morgan fingerprint density at radius 2 is 2.12 bits per heavy atom. The zero-order valence-electron chi connectivity index (χ0n) is 13.7. The van der Waals surface area contributed by atoms with Crippen LogP contribution in [-0.4, -0.2) is 52.1 Å². The van der Waals surface area contributed by atoms with Gasteiger partial charge >= 0.3 is 12.0 Å². The molecule has 130 valence electrons. The van der Waals surface area contributed by atoms with Crippen molar-refractivity contribution in [2.24, 2.45) is 0 Å². The van der Waals surface area contributed by atoms with E-state index in [9.17, 15) is 14.0 Å². The van der Waals surface area contributed by atoms with Gasteiger partial charge in [0.1, 0.15) is 5.82 Å². The first-order valence-electron chi connectivity index (χ1n) is 8.25. The summed E-state index contributed by atoms with van der Waals surface area (Å²) in [7, 11) is 0. The van der Waals surface area contributed by atoms with E-state index in [4.69, 9.17) is 5.11 Å². The summed E-state index contributed by atoms with van der Waals surface area (Å²) in [6.07, 6.45) is 1.50. The maximum Gasteiger partial charge on any atom is 0.318 e. The second kappa shape index (κ2) is 6.76. The van der Waals surface area contributed by atoms with Gasteiger partial charge in [-0.25, -0.2) is 9.18 Å². The van der Waals surface area contributed by atoms with E-state index in [-0.39, 0.29) is 30.5 Å². The fourth-order valence-corrected chi connectivity index (χ4v) is 3.47. The van der Waals surface area contributed by atoms with Crippen LogP contribution in [0.5, 0.6) is 0 Å². The number of nitrogens with zero attached hydrogens (tertiary/aromatic N) is 2. The molecule has 0 atom stereocenters. The Hall–Kier alpha value is -2.15. The predicted octanol–water partition coefficient (Wildman–Crippen LogP) is 1.79. The van der Waals surface area contributed by atoms with Crippen LogP contribution in [-0.2, 0) is 17.9 Å². The van der Waals surface area contributed by atoms with E-state index in [0.29, 0.717) is 25.2 Å². The molecule has 1 aliphatic carbocycles. The zero-order chi connectivity index (χ0) is 17.3. The van der Waals surface area contributed by atoms with Crippen molar-refractivity contribution < 1.29 is 19.1 Å². The van der Waals surface area contributed by atoms with Crippen LogP contribution in [0.25, 0.3) is 0 Å². The van der Waals surface area contributed by atoms with Gasteiger partial charge in [-0.3, -0.25) is 9.69 Å². The number of carbonyl (C=O) groups is 2. The number of benzene rings is 1. The van der Waals surface area contributed by atoms with Gasteiger partial charge in [0.2, 0.25) is 0 Å². The first-order valence-corrected chi connectivity index (χ1v) is 8.25. The van der Waals surface area contributed by atoms with Crippen molar-refractivity contribution in [1.29, 1.82) is 0 Å². The second-order valence-electron chi connectivity index (χ2n) is 6.46. The van der Waals surface area contributed by atoms with Crippen molar-refractivity contribution in [3.05, 3.63) is 35.1 Å². The zero-order valence-corrected chi connectivity index (χ0v) is 13.7. The Morgan fingerprint density at radius 1 is 1.38 bits per heavy atom. The van der Waals surface area contributed by atoms with Crippen LogP contribution in [0.3, 0.4) is 0 Å². The van der Waals surface area contributed by atoms with Gasteiger partial charge in [0.25, 0.3) is 0 Å². The van der Waals surface area contributed by atoms with Crippen LogP contribution < -0.4 is 5.32 Å². The molecule has 2 N–H and O–H groups in total. The molecular weight excluding hydrogens is 313 g/mol. The summed E-state index contributed by atoms with van der Waals surface area (Å²) in [6.45, 7) is 3.37. The lowest BCUT2D eigenvalue weighted by molar-refractivity contribution is -0.139. The highest BCUT2D eigenvalue weighted by molar-refractivity contribution is 5.75. The summed E-state index contributed by atoms with van der Waals surface area (Å²) in [6, 6.07) is 4.99. The number of carboxylic acid groups (broad SMARTS) is 1. The molecule has 0 unspecified atom stereocenters. The molecule has 0 bridgehead atoms. The van der Waals surface area contributed by atoms with Gasteiger partial charge in [0, 0.05) is 24.2 Å². The lowest BCUT2D eigenvalue weighted by Gasteiger charge is -2.42. The SMILES string of the molecule is CCN(CC(=O)O)C1CC(NC(=O)N2Cc3cccc(F)c3C2)C1. The molecule has 2 aliphatic rings. The van der Waals surface area contributed by atoms with Crippen molar-refractivity contribution in [3.8, 4) is 0 Å². The van der Waals surface area contributed by atoms with Crippen molar-refractivity contribution in [1.82, 2.24) is 15.1 Å². The molecule has 0 saturated heterocycles. The van der Waals surface area contributed by atoms with E-state index in [1.165, 1.54) is 6.07 Å². The number of urea groups is 1. The highest BCUT2D eigenvalue weighted by atomic mass is 19.1. The third kappa shape index (κ3) is 3.36. The lowest BCUT2D eigenvalue weighted by atomic mass is 9.85. The largest absolute Gasteiger partial charge is 0.480 e. The van der Waals surface area contributed by atoms with E-state index in [1.54, 1.807) is 11.0 Å². The van der Waals surface area contributed by atoms with Crippen LogP contribution in [0.15, 0.2) is 18.2 Å². The van der Waals surface area contributed by atoms with Crippen LogP contribution >= 0.6 is 0 Å². The fourth-order valence-electron chi connectivity index (χ4n) is 3.47. The lowest BCUT2D eigenvalue weighted by Crippen LogP contribution is -2.56. The first kappa shape index (κ1) is 16.7. The van der Waals surface area contributed by atoms with E-state index in [2.05, 4.69) is 5.32 Å². The molecule has 0 radical (unpaired) electrons. The Balaban J connectivity index is 1.48. The maximum absolute atomic E-state index is 13.7. The number of hydrogen-bond donors (Lipinski definition) is 2. The molecule has 1 aromatic carbocycles. The van der Waals surface area contributed by atoms with Gasteiger partial charge in [-0.2, -0.15) is 0 Å². The van der Waals surface area contributed by atoms with Crippen molar-refractivity contribution in [2.45, 2.75) is 44.9 Å². The highest BCUT2D eigenvalue weighted by Crippen LogP contribution is 2.28. The average Bonchev–Trinajstić information content (AvgIpc) is 2.94. The molecule has 6 nitrogen and oxygen atoms in total. The molecule has 7 heteroatoms. The molecule has 24 heavy (non-hydrogen) atoms. The minimum Gasteiger partial charge on any atom is -0.480 e. The topological polar surface area (TPSA) is 72.9 Å². The van der Waals surface area contributed by atoms with Crippen molar-refractivity contribution in [3.63, 3.8) is 0 Å². The quantitative estimate of drug-likeness (QED) is 0.860. The number of carboxylic acids is 1. The van der Waals surface area contributed by atoms with E-state index < -0.39 is 5.97 Å². The minimum absolute atomic E-state index is 0.0303. The number of carbonyl (C=O) groups excluding carboxylic acids is 1. The number of rotatable bonds is 5.